The molecule has 0 aliphatic carbocycles. The molecular formula is C34H53N9O20S2. The zero-order chi connectivity index (χ0) is 49.8. The number of carboxylic acids is 7. The van der Waals surface area contributed by atoms with E-state index in [0.29, 0.717) is 0 Å². The summed E-state index contributed by atoms with van der Waals surface area (Å²) in [4.78, 5) is 158. The third-order valence-corrected chi connectivity index (χ3v) is 9.09. The Hall–Kier alpha value is -6.31. The van der Waals surface area contributed by atoms with Crippen LogP contribution in [0.25, 0.3) is 0 Å². The lowest BCUT2D eigenvalue weighted by Crippen LogP contribution is -2.51. The van der Waals surface area contributed by atoms with Gasteiger partial charge in [0, 0.05) is 50.5 Å². The van der Waals surface area contributed by atoms with Gasteiger partial charge < -0.3 is 67.6 Å². The Kier molecular flexibility index (Phi) is 28.5. The van der Waals surface area contributed by atoms with E-state index in [1.165, 1.54) is 4.90 Å². The first-order chi connectivity index (χ1) is 30.4. The number of hydrogen-bond acceptors (Lipinski definition) is 18. The molecule has 0 aromatic carbocycles. The van der Waals surface area contributed by atoms with E-state index >= 15 is 0 Å². The standard InChI is InChI=1S/C34H53N9O20S2/c44-22(39-20(16-64)31(58)35-9-26(48)49)3-1-18(33(60)61)37-24(46)11-42(14-29(54)55)7-5-41(13-28(52)53)6-8-43(15-30(56)57)12-25(47)38-19(34(62)63)2-4-23(45)40-21(17-65)32(59)36-10-27(50)51/h18-21,64-65H,1-17H2,(H,35,58)(H,36,59)(H,37,46)(H,38,47)(H,39,44)(H,40,45)(H,48,49)(H,50,51)(H,52,53)(H,54,55)(H,56,57)(H,60,61)(H,62,63)/t18-,19-,20+,21+/m0/s1. The van der Waals surface area contributed by atoms with E-state index in [1.807, 2.05) is 10.6 Å². The summed E-state index contributed by atoms with van der Waals surface area (Å²) in [5, 5.41) is 77.9. The SMILES string of the molecule is O=C(O)CNC(=O)[C@@H](CS)NC(=O)CC[C@H](NC(=O)CN(CCN(CCN(CC(=O)O)CC(=O)N[C@@H](CCC(=O)N[C@H](CS)C(=O)NCC(=O)O)C(=O)O)CC(=O)O)CC(=O)O)C(=O)O. The van der Waals surface area contributed by atoms with Gasteiger partial charge in [0.05, 0.1) is 32.7 Å². The van der Waals surface area contributed by atoms with Crippen LogP contribution in [0, 0.1) is 0 Å². The van der Waals surface area contributed by atoms with Gasteiger partial charge in [0.2, 0.25) is 35.4 Å². The topological polar surface area (TPSA) is 445 Å². The van der Waals surface area contributed by atoms with Gasteiger partial charge in [0.25, 0.3) is 0 Å². The lowest BCUT2D eigenvalue weighted by molar-refractivity contribution is -0.143. The molecule has 31 heteroatoms. The molecule has 0 heterocycles. The molecule has 6 amide bonds. The van der Waals surface area contributed by atoms with Crippen LogP contribution in [-0.4, -0.2) is 235 Å². The largest absolute Gasteiger partial charge is 0.480 e. The Bertz CT molecular complexity index is 1630. The molecule has 0 aliphatic rings. The monoisotopic (exact) mass is 971 g/mol. The van der Waals surface area contributed by atoms with Crippen molar-refractivity contribution in [2.75, 3.05) is 83.5 Å². The normalized spacial score (nSPS) is 12.8. The average molecular weight is 972 g/mol. The van der Waals surface area contributed by atoms with Crippen molar-refractivity contribution in [2.45, 2.75) is 49.9 Å². The highest BCUT2D eigenvalue weighted by molar-refractivity contribution is 7.80. The fraction of sp³-hybridized carbons (Fsp3) is 0.618. The second-order valence-electron chi connectivity index (χ2n) is 13.7. The van der Waals surface area contributed by atoms with Crippen molar-refractivity contribution < 1.29 is 98.1 Å². The number of aliphatic carboxylic acids is 7. The van der Waals surface area contributed by atoms with Crippen LogP contribution in [0.2, 0.25) is 0 Å². The van der Waals surface area contributed by atoms with Crippen LogP contribution in [0.15, 0.2) is 0 Å². The number of carbonyl (C=O) groups excluding carboxylic acids is 6. The molecule has 0 aromatic rings. The van der Waals surface area contributed by atoms with Crippen LogP contribution in [0.5, 0.6) is 0 Å². The molecule has 0 saturated carbocycles. The van der Waals surface area contributed by atoms with E-state index in [2.05, 4.69) is 46.5 Å². The summed E-state index contributed by atoms with van der Waals surface area (Å²) in [6, 6.07) is -5.93. The van der Waals surface area contributed by atoms with Gasteiger partial charge in [-0.25, -0.2) is 9.59 Å². The molecule has 0 saturated heterocycles. The molecule has 65 heavy (non-hydrogen) atoms. The summed E-state index contributed by atoms with van der Waals surface area (Å²) < 4.78 is 0. The van der Waals surface area contributed by atoms with Crippen molar-refractivity contribution in [2.24, 2.45) is 0 Å². The molecule has 4 atom stereocenters. The maximum atomic E-state index is 12.9. The molecule has 13 N–H and O–H groups in total. The number of carbonyl (C=O) groups is 13. The van der Waals surface area contributed by atoms with Crippen LogP contribution in [0.1, 0.15) is 25.7 Å². The van der Waals surface area contributed by atoms with Crippen molar-refractivity contribution in [3.8, 4) is 0 Å². The van der Waals surface area contributed by atoms with Gasteiger partial charge >= 0.3 is 41.8 Å². The van der Waals surface area contributed by atoms with E-state index < -0.39 is 173 Å². The molecule has 0 rings (SSSR count). The number of amides is 6. The van der Waals surface area contributed by atoms with Crippen LogP contribution in [0.3, 0.4) is 0 Å². The molecule has 0 aromatic heterocycles. The van der Waals surface area contributed by atoms with Gasteiger partial charge in [-0.05, 0) is 12.8 Å². The molecule has 0 fully saturated rings. The van der Waals surface area contributed by atoms with Crippen molar-refractivity contribution in [3.63, 3.8) is 0 Å². The highest BCUT2D eigenvalue weighted by Gasteiger charge is 2.28. The molecule has 366 valence electrons. The average Bonchev–Trinajstić information content (AvgIpc) is 3.19. The number of nitrogens with one attached hydrogen (secondary N) is 6. The Morgan fingerprint density at radius 2 is 0.677 bits per heavy atom. The highest BCUT2D eigenvalue weighted by atomic mass is 32.1. The summed E-state index contributed by atoms with van der Waals surface area (Å²) in [5.41, 5.74) is 0. The molecule has 0 spiro atoms. The van der Waals surface area contributed by atoms with E-state index in [9.17, 15) is 87.9 Å². The van der Waals surface area contributed by atoms with Gasteiger partial charge in [-0.15, -0.1) is 0 Å². The Balaban J connectivity index is 5.59. The van der Waals surface area contributed by atoms with E-state index in [0.717, 1.165) is 9.80 Å². The third-order valence-electron chi connectivity index (χ3n) is 8.36. The van der Waals surface area contributed by atoms with Crippen molar-refractivity contribution in [1.82, 2.24) is 46.6 Å². The molecular weight excluding hydrogens is 919 g/mol. The fourth-order valence-corrected chi connectivity index (χ4v) is 5.80. The highest BCUT2D eigenvalue weighted by Crippen LogP contribution is 2.04. The summed E-state index contributed by atoms with van der Waals surface area (Å²) in [6.45, 7) is -6.54. The minimum Gasteiger partial charge on any atom is -0.480 e. The first-order valence-electron chi connectivity index (χ1n) is 19.0. The van der Waals surface area contributed by atoms with Gasteiger partial charge in [0.1, 0.15) is 37.3 Å². The lowest BCUT2D eigenvalue weighted by Gasteiger charge is -2.28. The van der Waals surface area contributed by atoms with E-state index in [-0.39, 0.29) is 37.7 Å². The first kappa shape index (κ1) is 58.7. The van der Waals surface area contributed by atoms with Gasteiger partial charge in [-0.2, -0.15) is 25.3 Å². The van der Waals surface area contributed by atoms with E-state index in [1.54, 1.807) is 0 Å². The smallest absolute Gasteiger partial charge is 0.326 e. The van der Waals surface area contributed by atoms with E-state index in [4.69, 9.17) is 10.2 Å². The molecule has 0 radical (unpaired) electrons. The van der Waals surface area contributed by atoms with Crippen LogP contribution >= 0.6 is 25.3 Å². The molecule has 29 nitrogen and oxygen atoms in total. The number of hydrogen-bond donors (Lipinski definition) is 15. The maximum absolute atomic E-state index is 12.9. The molecule has 0 bridgehead atoms. The van der Waals surface area contributed by atoms with Crippen molar-refractivity contribution in [1.29, 1.82) is 0 Å². The lowest BCUT2D eigenvalue weighted by atomic mass is 10.1. The van der Waals surface area contributed by atoms with Crippen LogP contribution in [-0.2, 0) is 62.3 Å². The van der Waals surface area contributed by atoms with Crippen LogP contribution in [0.4, 0.5) is 0 Å². The van der Waals surface area contributed by atoms with Gasteiger partial charge in [0.15, 0.2) is 0 Å². The van der Waals surface area contributed by atoms with Gasteiger partial charge in [-0.1, -0.05) is 0 Å². The quantitative estimate of drug-likeness (QED) is 0.0259. The fourth-order valence-electron chi connectivity index (χ4n) is 5.28. The minimum atomic E-state index is -1.69. The Morgan fingerprint density at radius 1 is 0.385 bits per heavy atom. The minimum absolute atomic E-state index is 0.248. The second-order valence-corrected chi connectivity index (χ2v) is 14.4. The number of thiol groups is 2. The third kappa shape index (κ3) is 28.2. The van der Waals surface area contributed by atoms with Crippen molar-refractivity contribution >= 4 is 102 Å². The van der Waals surface area contributed by atoms with Crippen LogP contribution < -0.4 is 31.9 Å². The Morgan fingerprint density at radius 3 is 0.954 bits per heavy atom. The van der Waals surface area contributed by atoms with Gasteiger partial charge in [-0.3, -0.25) is 67.4 Å². The zero-order valence-electron chi connectivity index (χ0n) is 34.5. The predicted molar refractivity (Wildman–Crippen MR) is 223 cm³/mol. The Labute approximate surface area is 379 Å². The first-order valence-corrected chi connectivity index (χ1v) is 20.3. The number of rotatable bonds is 36. The number of nitrogens with zero attached hydrogens (tertiary/aromatic N) is 3. The number of carboxylic acid groups (broad SMARTS) is 7. The molecule has 0 aliphatic heterocycles. The maximum Gasteiger partial charge on any atom is 0.326 e. The predicted octanol–water partition coefficient (Wildman–Crippen LogP) is -6.92. The summed E-state index contributed by atoms with van der Waals surface area (Å²) in [7, 11) is 0. The van der Waals surface area contributed by atoms with Crippen molar-refractivity contribution in [3.05, 3.63) is 0 Å². The second kappa shape index (κ2) is 31.5. The molecule has 0 unspecified atom stereocenters. The summed E-state index contributed by atoms with van der Waals surface area (Å²) in [6.07, 6.45) is -2.11. The summed E-state index contributed by atoms with van der Waals surface area (Å²) >= 11 is 7.83. The zero-order valence-corrected chi connectivity index (χ0v) is 36.3. The summed E-state index contributed by atoms with van der Waals surface area (Å²) in [5.74, 6) is -16.2.